The van der Waals surface area contributed by atoms with E-state index in [0.29, 0.717) is 5.69 Å². The minimum absolute atomic E-state index is 0. The first kappa shape index (κ1) is 23.6. The van der Waals surface area contributed by atoms with Crippen molar-refractivity contribution in [3.05, 3.63) is 59.7 Å². The highest BCUT2D eigenvalue weighted by Gasteiger charge is 2.34. The number of carbonyl (C=O) groups is 1. The van der Waals surface area contributed by atoms with Crippen LogP contribution < -0.4 is 10.5 Å². The predicted molar refractivity (Wildman–Crippen MR) is 102 cm³/mol. The number of nitrogens with two attached hydrogens (primary N) is 1. The van der Waals surface area contributed by atoms with Crippen molar-refractivity contribution in [1.29, 1.82) is 0 Å². The molecule has 3 N–H and O–H groups in total. The Morgan fingerprint density at radius 2 is 1.79 bits per heavy atom. The molecular formula is C19H22ClF3N2O3. The van der Waals surface area contributed by atoms with Gasteiger partial charge in [0.2, 0.25) is 5.91 Å². The molecule has 0 bridgehead atoms. The van der Waals surface area contributed by atoms with E-state index < -0.39 is 17.8 Å². The van der Waals surface area contributed by atoms with Crippen LogP contribution in [0.5, 0.6) is 5.75 Å². The molecular weight excluding hydrogens is 397 g/mol. The topological polar surface area (TPSA) is 75.8 Å². The average Bonchev–Trinajstić information content (AvgIpc) is 2.61. The van der Waals surface area contributed by atoms with E-state index in [9.17, 15) is 23.1 Å². The summed E-state index contributed by atoms with van der Waals surface area (Å²) in [6.07, 6.45) is -5.55. The number of anilines is 1. The smallest absolute Gasteiger partial charge is 0.419 e. The number of ether oxygens (including phenoxy) is 1. The lowest BCUT2D eigenvalue weighted by molar-refractivity contribution is -0.139. The van der Waals surface area contributed by atoms with Gasteiger partial charge in [0.1, 0.15) is 18.5 Å². The molecule has 0 saturated heterocycles. The van der Waals surface area contributed by atoms with Crippen LogP contribution in [0.3, 0.4) is 0 Å². The molecule has 2 rings (SSSR count). The van der Waals surface area contributed by atoms with Crippen molar-refractivity contribution in [2.24, 2.45) is 0 Å². The number of likely N-dealkylation sites (N-methyl/N-ethyl adjacent to an activating group) is 1. The quantitative estimate of drug-likeness (QED) is 0.677. The Hall–Kier alpha value is -2.45. The van der Waals surface area contributed by atoms with Crippen molar-refractivity contribution in [2.75, 3.05) is 25.9 Å². The molecule has 0 aliphatic carbocycles. The van der Waals surface area contributed by atoms with Crippen molar-refractivity contribution in [1.82, 2.24) is 4.90 Å². The van der Waals surface area contributed by atoms with Crippen molar-refractivity contribution in [2.45, 2.75) is 18.7 Å². The number of benzene rings is 2. The molecule has 1 amide bonds. The Balaban J connectivity index is 0.00000392. The van der Waals surface area contributed by atoms with Crippen LogP contribution in [0.2, 0.25) is 0 Å². The van der Waals surface area contributed by atoms with E-state index in [1.807, 2.05) is 0 Å². The van der Waals surface area contributed by atoms with E-state index in [1.165, 1.54) is 30.1 Å². The fourth-order valence-electron chi connectivity index (χ4n) is 2.43. The van der Waals surface area contributed by atoms with E-state index in [2.05, 4.69) is 0 Å². The molecule has 1 atom stereocenters. The average molecular weight is 419 g/mol. The number of hydrogen-bond acceptors (Lipinski definition) is 4. The van der Waals surface area contributed by atoms with Crippen LogP contribution in [-0.2, 0) is 17.4 Å². The molecule has 0 radical (unpaired) electrons. The summed E-state index contributed by atoms with van der Waals surface area (Å²) in [7, 11) is 1.51. The molecule has 9 heteroatoms. The van der Waals surface area contributed by atoms with Crippen molar-refractivity contribution in [3.8, 4) is 5.75 Å². The number of rotatable bonds is 7. The zero-order valence-corrected chi connectivity index (χ0v) is 16.0. The van der Waals surface area contributed by atoms with Crippen LogP contribution in [0.15, 0.2) is 48.5 Å². The Labute approximate surface area is 167 Å². The summed E-state index contributed by atoms with van der Waals surface area (Å²) in [4.78, 5) is 13.5. The minimum atomic E-state index is -4.55. The number of aliphatic hydroxyl groups is 1. The highest BCUT2D eigenvalue weighted by Crippen LogP contribution is 2.35. The van der Waals surface area contributed by atoms with Crippen LogP contribution in [0.25, 0.3) is 0 Å². The lowest BCUT2D eigenvalue weighted by atomic mass is 10.1. The zero-order valence-electron chi connectivity index (χ0n) is 15.1. The maximum Gasteiger partial charge on any atom is 0.419 e. The first-order valence-electron chi connectivity index (χ1n) is 8.22. The number of aliphatic hydroxyl groups excluding tert-OH is 1. The molecule has 0 heterocycles. The van der Waals surface area contributed by atoms with Crippen molar-refractivity contribution in [3.63, 3.8) is 0 Å². The number of hydrogen-bond donors (Lipinski definition) is 2. The number of carbonyl (C=O) groups excluding carboxylic acids is 1. The molecule has 0 aliphatic rings. The Bertz CT molecular complexity index is 770. The van der Waals surface area contributed by atoms with Gasteiger partial charge in [0.25, 0.3) is 0 Å². The monoisotopic (exact) mass is 418 g/mol. The first-order valence-corrected chi connectivity index (χ1v) is 8.22. The van der Waals surface area contributed by atoms with Gasteiger partial charge < -0.3 is 20.5 Å². The number of nitrogens with zero attached hydrogens (tertiary/aromatic N) is 1. The van der Waals surface area contributed by atoms with E-state index in [4.69, 9.17) is 10.5 Å². The molecule has 0 aromatic heterocycles. The van der Waals surface area contributed by atoms with Crippen LogP contribution in [-0.4, -0.2) is 42.2 Å². The van der Waals surface area contributed by atoms with Gasteiger partial charge in [-0.15, -0.1) is 12.4 Å². The van der Waals surface area contributed by atoms with Crippen LogP contribution >= 0.6 is 12.4 Å². The van der Waals surface area contributed by atoms with Crippen molar-refractivity contribution < 1.29 is 27.8 Å². The lowest BCUT2D eigenvalue weighted by Gasteiger charge is -2.22. The summed E-state index contributed by atoms with van der Waals surface area (Å²) < 4.78 is 43.9. The van der Waals surface area contributed by atoms with Gasteiger partial charge in [-0.2, -0.15) is 13.2 Å². The molecule has 0 fully saturated rings. The summed E-state index contributed by atoms with van der Waals surface area (Å²) in [6.45, 7) is -0.436. The Morgan fingerprint density at radius 1 is 1.18 bits per heavy atom. The molecule has 1 unspecified atom stereocenters. The maximum atomic E-state index is 12.9. The van der Waals surface area contributed by atoms with Crippen LogP contribution in [0.1, 0.15) is 11.1 Å². The second-order valence-electron chi connectivity index (χ2n) is 6.15. The summed E-state index contributed by atoms with van der Waals surface area (Å²) in [5, 5.41) is 10.0. The zero-order chi connectivity index (χ0) is 20.0. The Morgan fingerprint density at radius 3 is 2.39 bits per heavy atom. The van der Waals surface area contributed by atoms with Gasteiger partial charge in [0.05, 0.1) is 12.0 Å². The summed E-state index contributed by atoms with van der Waals surface area (Å²) >= 11 is 0. The second kappa shape index (κ2) is 10.2. The van der Waals surface area contributed by atoms with Gasteiger partial charge in [-0.25, -0.2) is 0 Å². The number of halogens is 4. The highest BCUT2D eigenvalue weighted by molar-refractivity contribution is 5.85. The molecule has 5 nitrogen and oxygen atoms in total. The normalized spacial score (nSPS) is 12.0. The number of amides is 1. The van der Waals surface area contributed by atoms with Gasteiger partial charge >= 0.3 is 6.18 Å². The van der Waals surface area contributed by atoms with E-state index >= 15 is 0 Å². The summed E-state index contributed by atoms with van der Waals surface area (Å²) in [5.41, 5.74) is 6.04. The van der Waals surface area contributed by atoms with Gasteiger partial charge in [0, 0.05) is 19.3 Å². The Kier molecular flexibility index (Phi) is 8.59. The van der Waals surface area contributed by atoms with E-state index in [1.54, 1.807) is 24.3 Å². The third-order valence-electron chi connectivity index (χ3n) is 3.87. The van der Waals surface area contributed by atoms with Crippen LogP contribution in [0.4, 0.5) is 18.9 Å². The van der Waals surface area contributed by atoms with Crippen molar-refractivity contribution >= 4 is 24.0 Å². The first-order chi connectivity index (χ1) is 12.7. The SMILES string of the molecule is CN(CC(O)COc1ccccc1C(F)(F)F)C(=O)Cc1ccc(N)cc1.Cl. The molecule has 0 aliphatic heterocycles. The maximum absolute atomic E-state index is 12.9. The van der Waals surface area contributed by atoms with Gasteiger partial charge in [-0.1, -0.05) is 24.3 Å². The molecule has 28 heavy (non-hydrogen) atoms. The largest absolute Gasteiger partial charge is 0.490 e. The standard InChI is InChI=1S/C19H21F3N2O3.ClH/c1-24(18(26)10-13-6-8-14(23)9-7-13)11-15(25)12-27-17-5-3-2-4-16(17)19(20,21)22;/h2-9,15,25H,10-12,23H2,1H3;1H. The molecule has 2 aromatic carbocycles. The summed E-state index contributed by atoms with van der Waals surface area (Å²) in [6, 6.07) is 11.6. The van der Waals surface area contributed by atoms with E-state index in [-0.39, 0.29) is 43.6 Å². The number of nitrogen functional groups attached to an aromatic ring is 1. The third kappa shape index (κ3) is 6.94. The van der Waals surface area contributed by atoms with Gasteiger partial charge in [-0.05, 0) is 29.8 Å². The molecule has 2 aromatic rings. The fraction of sp³-hybridized carbons (Fsp3) is 0.316. The van der Waals surface area contributed by atoms with Crippen LogP contribution in [0, 0.1) is 0 Å². The number of alkyl halides is 3. The molecule has 154 valence electrons. The van der Waals surface area contributed by atoms with E-state index in [0.717, 1.165) is 11.6 Å². The number of para-hydroxylation sites is 1. The summed E-state index contributed by atoms with van der Waals surface area (Å²) in [5.74, 6) is -0.602. The molecule has 0 saturated carbocycles. The van der Waals surface area contributed by atoms with Gasteiger partial charge in [-0.3, -0.25) is 4.79 Å². The fourth-order valence-corrected chi connectivity index (χ4v) is 2.43. The third-order valence-corrected chi connectivity index (χ3v) is 3.87. The minimum Gasteiger partial charge on any atom is -0.490 e. The highest BCUT2D eigenvalue weighted by atomic mass is 35.5. The molecule has 0 spiro atoms. The lowest BCUT2D eigenvalue weighted by Crippen LogP contribution is -2.37. The second-order valence-corrected chi connectivity index (χ2v) is 6.15. The predicted octanol–water partition coefficient (Wildman–Crippen LogP) is 3.15. The van der Waals surface area contributed by atoms with Gasteiger partial charge in [0.15, 0.2) is 0 Å².